The Morgan fingerprint density at radius 3 is 2.80 bits per heavy atom. The Morgan fingerprint density at radius 1 is 1.35 bits per heavy atom. The second kappa shape index (κ2) is 5.75. The number of hydrogen-bond donors (Lipinski definition) is 1. The highest BCUT2D eigenvalue weighted by molar-refractivity contribution is 7.91. The number of sulfonamides is 1. The SMILES string of the molecule is CC1CCN(S(=O)(=O)c2ccc(CCNC3CC3)s2)C1. The van der Waals surface area contributed by atoms with Gasteiger partial charge in [-0.05, 0) is 43.7 Å². The van der Waals surface area contributed by atoms with Crippen molar-refractivity contribution in [3.8, 4) is 0 Å². The Kier molecular flexibility index (Phi) is 4.17. The van der Waals surface area contributed by atoms with Gasteiger partial charge in [-0.3, -0.25) is 0 Å². The highest BCUT2D eigenvalue weighted by Crippen LogP contribution is 2.29. The summed E-state index contributed by atoms with van der Waals surface area (Å²) in [5, 5.41) is 3.46. The number of nitrogens with one attached hydrogen (secondary N) is 1. The quantitative estimate of drug-likeness (QED) is 0.874. The molecule has 0 aromatic carbocycles. The van der Waals surface area contributed by atoms with Crippen LogP contribution in [-0.2, 0) is 16.4 Å². The zero-order valence-electron chi connectivity index (χ0n) is 11.8. The smallest absolute Gasteiger partial charge is 0.252 e. The van der Waals surface area contributed by atoms with Crippen molar-refractivity contribution in [1.29, 1.82) is 0 Å². The molecule has 0 bridgehead atoms. The lowest BCUT2D eigenvalue weighted by atomic mass is 10.2. The maximum Gasteiger partial charge on any atom is 0.252 e. The summed E-state index contributed by atoms with van der Waals surface area (Å²) in [4.78, 5) is 1.16. The Hall–Kier alpha value is -0.430. The summed E-state index contributed by atoms with van der Waals surface area (Å²) in [5.41, 5.74) is 0. The van der Waals surface area contributed by atoms with E-state index in [0.29, 0.717) is 29.3 Å². The van der Waals surface area contributed by atoms with E-state index in [9.17, 15) is 8.42 Å². The first-order chi connectivity index (χ1) is 9.55. The molecule has 1 saturated carbocycles. The van der Waals surface area contributed by atoms with Crippen LogP contribution in [0.3, 0.4) is 0 Å². The minimum Gasteiger partial charge on any atom is -0.314 e. The van der Waals surface area contributed by atoms with Gasteiger partial charge in [-0.2, -0.15) is 4.31 Å². The molecule has 1 aromatic heterocycles. The molecule has 1 unspecified atom stereocenters. The van der Waals surface area contributed by atoms with Gasteiger partial charge in [0.25, 0.3) is 10.0 Å². The Labute approximate surface area is 125 Å². The van der Waals surface area contributed by atoms with Crippen LogP contribution in [0, 0.1) is 5.92 Å². The number of rotatable bonds is 6. The first-order valence-electron chi connectivity index (χ1n) is 7.38. The van der Waals surface area contributed by atoms with Crippen LogP contribution in [0.5, 0.6) is 0 Å². The number of nitrogens with zero attached hydrogens (tertiary/aromatic N) is 1. The maximum atomic E-state index is 12.5. The van der Waals surface area contributed by atoms with Crippen LogP contribution in [0.2, 0.25) is 0 Å². The monoisotopic (exact) mass is 314 g/mol. The zero-order valence-corrected chi connectivity index (χ0v) is 13.5. The molecule has 0 spiro atoms. The van der Waals surface area contributed by atoms with Crippen molar-refractivity contribution in [3.63, 3.8) is 0 Å². The lowest BCUT2D eigenvalue weighted by molar-refractivity contribution is 0.466. The maximum absolute atomic E-state index is 12.5. The third-order valence-electron chi connectivity index (χ3n) is 4.00. The van der Waals surface area contributed by atoms with Crippen molar-refractivity contribution in [1.82, 2.24) is 9.62 Å². The van der Waals surface area contributed by atoms with Gasteiger partial charge in [0, 0.05) is 30.6 Å². The van der Waals surface area contributed by atoms with Crippen molar-refractivity contribution in [2.24, 2.45) is 5.92 Å². The van der Waals surface area contributed by atoms with Gasteiger partial charge in [-0.1, -0.05) is 6.92 Å². The second-order valence-corrected chi connectivity index (χ2v) is 9.29. The molecule has 2 heterocycles. The molecular weight excluding hydrogens is 292 g/mol. The van der Waals surface area contributed by atoms with Crippen molar-refractivity contribution in [3.05, 3.63) is 17.0 Å². The van der Waals surface area contributed by atoms with Gasteiger partial charge in [0.2, 0.25) is 0 Å². The molecule has 1 aromatic rings. The van der Waals surface area contributed by atoms with Gasteiger partial charge >= 0.3 is 0 Å². The largest absolute Gasteiger partial charge is 0.314 e. The molecule has 2 aliphatic rings. The normalized spacial score (nSPS) is 24.4. The van der Waals surface area contributed by atoms with Crippen LogP contribution in [-0.4, -0.2) is 38.4 Å². The van der Waals surface area contributed by atoms with Crippen molar-refractivity contribution >= 4 is 21.4 Å². The summed E-state index contributed by atoms with van der Waals surface area (Å²) >= 11 is 1.43. The summed E-state index contributed by atoms with van der Waals surface area (Å²) in [6.07, 6.45) is 4.48. The Morgan fingerprint density at radius 2 is 2.15 bits per heavy atom. The molecule has 20 heavy (non-hydrogen) atoms. The molecule has 1 aliphatic heterocycles. The van der Waals surface area contributed by atoms with E-state index in [1.54, 1.807) is 10.4 Å². The summed E-state index contributed by atoms with van der Waals surface area (Å²) < 4.78 is 27.2. The van der Waals surface area contributed by atoms with E-state index in [2.05, 4.69) is 12.2 Å². The molecule has 4 nitrogen and oxygen atoms in total. The molecule has 3 rings (SSSR count). The highest BCUT2D eigenvalue weighted by Gasteiger charge is 2.31. The van der Waals surface area contributed by atoms with Crippen LogP contribution in [0.25, 0.3) is 0 Å². The molecule has 2 fully saturated rings. The highest BCUT2D eigenvalue weighted by atomic mass is 32.2. The van der Waals surface area contributed by atoms with E-state index < -0.39 is 10.0 Å². The van der Waals surface area contributed by atoms with Crippen LogP contribution in [0.1, 0.15) is 31.1 Å². The average molecular weight is 314 g/mol. The van der Waals surface area contributed by atoms with Gasteiger partial charge in [0.05, 0.1) is 0 Å². The molecule has 0 radical (unpaired) electrons. The summed E-state index contributed by atoms with van der Waals surface area (Å²) in [6.45, 7) is 4.39. The van der Waals surface area contributed by atoms with E-state index >= 15 is 0 Å². The van der Waals surface area contributed by atoms with E-state index in [4.69, 9.17) is 0 Å². The van der Waals surface area contributed by atoms with Gasteiger partial charge in [0.15, 0.2) is 0 Å². The average Bonchev–Trinajstić information content (AvgIpc) is 2.90. The van der Waals surface area contributed by atoms with Crippen LogP contribution >= 0.6 is 11.3 Å². The molecule has 6 heteroatoms. The Bertz CT molecular complexity index is 563. The number of thiophene rings is 1. The molecule has 1 saturated heterocycles. The first-order valence-corrected chi connectivity index (χ1v) is 9.63. The molecule has 112 valence electrons. The minimum absolute atomic E-state index is 0.479. The predicted molar refractivity (Wildman–Crippen MR) is 81.6 cm³/mol. The summed E-state index contributed by atoms with van der Waals surface area (Å²) in [6, 6.07) is 4.45. The van der Waals surface area contributed by atoms with Gasteiger partial charge < -0.3 is 5.32 Å². The lowest BCUT2D eigenvalue weighted by Gasteiger charge is -2.14. The fourth-order valence-corrected chi connectivity index (χ4v) is 5.64. The number of hydrogen-bond acceptors (Lipinski definition) is 4. The van der Waals surface area contributed by atoms with Crippen molar-refractivity contribution < 1.29 is 8.42 Å². The van der Waals surface area contributed by atoms with Gasteiger partial charge in [-0.15, -0.1) is 11.3 Å². The van der Waals surface area contributed by atoms with Gasteiger partial charge in [-0.25, -0.2) is 8.42 Å². The van der Waals surface area contributed by atoms with E-state index in [1.165, 1.54) is 24.2 Å². The third kappa shape index (κ3) is 3.24. The van der Waals surface area contributed by atoms with Crippen molar-refractivity contribution in [2.45, 2.75) is 42.9 Å². The first kappa shape index (κ1) is 14.5. The van der Waals surface area contributed by atoms with E-state index in [1.807, 2.05) is 6.07 Å². The van der Waals surface area contributed by atoms with E-state index in [-0.39, 0.29) is 0 Å². The van der Waals surface area contributed by atoms with Crippen LogP contribution in [0.4, 0.5) is 0 Å². The van der Waals surface area contributed by atoms with Crippen molar-refractivity contribution in [2.75, 3.05) is 19.6 Å². The third-order valence-corrected chi connectivity index (χ3v) is 7.48. The summed E-state index contributed by atoms with van der Waals surface area (Å²) in [5.74, 6) is 0.479. The molecular formula is C14H22N2O2S2. The second-order valence-electron chi connectivity index (χ2n) is 5.96. The molecule has 0 amide bonds. The molecule has 1 atom stereocenters. The minimum atomic E-state index is -3.25. The topological polar surface area (TPSA) is 49.4 Å². The van der Waals surface area contributed by atoms with Crippen LogP contribution < -0.4 is 5.32 Å². The van der Waals surface area contributed by atoms with Gasteiger partial charge in [0.1, 0.15) is 4.21 Å². The predicted octanol–water partition coefficient (Wildman–Crippen LogP) is 2.07. The lowest BCUT2D eigenvalue weighted by Crippen LogP contribution is -2.27. The van der Waals surface area contributed by atoms with Crippen LogP contribution in [0.15, 0.2) is 16.3 Å². The molecule has 1 aliphatic carbocycles. The van der Waals surface area contributed by atoms with E-state index in [0.717, 1.165) is 24.3 Å². The Balaban J connectivity index is 1.62. The summed E-state index contributed by atoms with van der Waals surface area (Å²) in [7, 11) is -3.25. The zero-order chi connectivity index (χ0) is 14.2. The molecule has 1 N–H and O–H groups in total. The standard InChI is InChI=1S/C14H22N2O2S2/c1-11-7-9-16(10-11)20(17,18)14-5-4-13(19-14)6-8-15-12-2-3-12/h4-5,11-12,15H,2-3,6-10H2,1H3. The fourth-order valence-electron chi connectivity index (χ4n) is 2.56. The fraction of sp³-hybridized carbons (Fsp3) is 0.714.